The van der Waals surface area contributed by atoms with E-state index in [1.807, 2.05) is 0 Å². The Labute approximate surface area is 64.5 Å². The van der Waals surface area contributed by atoms with E-state index < -0.39 is 0 Å². The summed E-state index contributed by atoms with van der Waals surface area (Å²) in [6, 6.07) is 0. The summed E-state index contributed by atoms with van der Waals surface area (Å²) in [6.07, 6.45) is 2.09. The molecule has 3 heteroatoms. The van der Waals surface area contributed by atoms with Gasteiger partial charge in [-0.2, -0.15) is 0 Å². The molecule has 0 aromatic heterocycles. The van der Waals surface area contributed by atoms with Crippen LogP contribution in [-0.4, -0.2) is 17.5 Å². The lowest BCUT2D eigenvalue weighted by molar-refractivity contribution is -0.105. The molecule has 0 radical (unpaired) electrons. The average Bonchev–Trinajstić information content (AvgIpc) is 1.94. The van der Waals surface area contributed by atoms with Crippen molar-refractivity contribution >= 4 is 17.9 Å². The van der Waals surface area contributed by atoms with Crippen molar-refractivity contribution < 1.29 is 9.90 Å². The molecule has 0 bridgehead atoms. The van der Waals surface area contributed by atoms with Crippen LogP contribution in [0.15, 0.2) is 10.6 Å². The van der Waals surface area contributed by atoms with Gasteiger partial charge in [-0.15, -0.1) is 0 Å². The molecule has 56 valence electrons. The Hall–Kier alpha value is -0.340. The first-order valence-corrected chi connectivity index (χ1v) is 3.62. The van der Waals surface area contributed by atoms with Gasteiger partial charge in [-0.05, 0) is 12.8 Å². The van der Waals surface area contributed by atoms with Gasteiger partial charge < -0.3 is 5.11 Å². The minimum atomic E-state index is -0.373. The number of allylic oxidation sites excluding steroid dienone is 1. The lowest BCUT2D eigenvalue weighted by Crippen LogP contribution is -2.13. The summed E-state index contributed by atoms with van der Waals surface area (Å²) >= 11 is 5.69. The van der Waals surface area contributed by atoms with Crippen molar-refractivity contribution in [2.24, 2.45) is 0 Å². The van der Waals surface area contributed by atoms with E-state index in [9.17, 15) is 4.79 Å². The predicted octanol–water partition coefficient (Wildman–Crippen LogP) is 1.22. The SMILES string of the molecule is O=CC1=C(Cl)CC[C@H](O)C1. The fourth-order valence-electron chi connectivity index (χ4n) is 1.03. The Kier molecular flexibility index (Phi) is 2.46. The molecular weight excluding hydrogens is 152 g/mol. The van der Waals surface area contributed by atoms with Crippen LogP contribution in [0, 0.1) is 0 Å². The molecule has 0 unspecified atom stereocenters. The van der Waals surface area contributed by atoms with Crippen LogP contribution in [0.1, 0.15) is 19.3 Å². The van der Waals surface area contributed by atoms with E-state index in [0.29, 0.717) is 29.9 Å². The lowest BCUT2D eigenvalue weighted by atomic mass is 9.98. The van der Waals surface area contributed by atoms with Gasteiger partial charge >= 0.3 is 0 Å². The molecule has 0 saturated carbocycles. The minimum Gasteiger partial charge on any atom is -0.393 e. The van der Waals surface area contributed by atoms with Gasteiger partial charge in [0.15, 0.2) is 0 Å². The van der Waals surface area contributed by atoms with Gasteiger partial charge in [-0.3, -0.25) is 4.79 Å². The number of rotatable bonds is 1. The molecule has 0 spiro atoms. The number of aldehydes is 1. The van der Waals surface area contributed by atoms with E-state index in [4.69, 9.17) is 16.7 Å². The lowest BCUT2D eigenvalue weighted by Gasteiger charge is -2.16. The van der Waals surface area contributed by atoms with Crippen molar-refractivity contribution in [3.05, 3.63) is 10.6 Å². The monoisotopic (exact) mass is 160 g/mol. The van der Waals surface area contributed by atoms with Gasteiger partial charge in [-0.1, -0.05) is 11.6 Å². The fourth-order valence-corrected chi connectivity index (χ4v) is 1.26. The van der Waals surface area contributed by atoms with Gasteiger partial charge in [0.1, 0.15) is 6.29 Å². The standard InChI is InChI=1S/C7H9ClO2/c8-7-2-1-6(10)3-5(7)4-9/h4,6,10H,1-3H2/t6-/m0/s1. The van der Waals surface area contributed by atoms with Crippen LogP contribution < -0.4 is 0 Å². The van der Waals surface area contributed by atoms with E-state index in [0.717, 1.165) is 6.29 Å². The molecule has 0 aromatic rings. The molecule has 0 aromatic carbocycles. The number of aliphatic hydroxyl groups is 1. The second-order valence-corrected chi connectivity index (χ2v) is 2.90. The molecule has 1 rings (SSSR count). The molecule has 1 atom stereocenters. The van der Waals surface area contributed by atoms with Crippen molar-refractivity contribution in [2.75, 3.05) is 0 Å². The van der Waals surface area contributed by atoms with Gasteiger partial charge in [0.2, 0.25) is 0 Å². The molecular formula is C7H9ClO2. The van der Waals surface area contributed by atoms with Crippen LogP contribution in [-0.2, 0) is 4.79 Å². The summed E-state index contributed by atoms with van der Waals surface area (Å²) in [5.74, 6) is 0. The van der Waals surface area contributed by atoms with Crippen LogP contribution in [0.4, 0.5) is 0 Å². The van der Waals surface area contributed by atoms with Crippen LogP contribution >= 0.6 is 11.6 Å². The Morgan fingerprint density at radius 3 is 2.90 bits per heavy atom. The Morgan fingerprint density at radius 2 is 2.40 bits per heavy atom. The zero-order valence-electron chi connectivity index (χ0n) is 5.51. The summed E-state index contributed by atoms with van der Waals surface area (Å²) in [4.78, 5) is 10.3. The smallest absolute Gasteiger partial charge is 0.147 e. The Balaban J connectivity index is 2.71. The van der Waals surface area contributed by atoms with Gasteiger partial charge in [-0.25, -0.2) is 0 Å². The Bertz CT molecular complexity index is 174. The maximum atomic E-state index is 10.3. The van der Waals surface area contributed by atoms with Gasteiger partial charge in [0.25, 0.3) is 0 Å². The second-order valence-electron chi connectivity index (χ2n) is 2.44. The highest BCUT2D eigenvalue weighted by molar-refractivity contribution is 6.31. The van der Waals surface area contributed by atoms with E-state index in [1.54, 1.807) is 0 Å². The van der Waals surface area contributed by atoms with Crippen LogP contribution in [0.25, 0.3) is 0 Å². The number of aliphatic hydroxyl groups excluding tert-OH is 1. The Morgan fingerprint density at radius 1 is 1.70 bits per heavy atom. The van der Waals surface area contributed by atoms with Crippen LogP contribution in [0.3, 0.4) is 0 Å². The number of halogens is 1. The summed E-state index contributed by atoms with van der Waals surface area (Å²) in [5.41, 5.74) is 0.556. The molecule has 0 amide bonds. The summed E-state index contributed by atoms with van der Waals surface area (Å²) in [5, 5.41) is 9.69. The molecule has 1 aliphatic carbocycles. The molecule has 0 aliphatic heterocycles. The highest BCUT2D eigenvalue weighted by atomic mass is 35.5. The number of hydrogen-bond donors (Lipinski definition) is 1. The number of carbonyl (C=O) groups is 1. The summed E-state index contributed by atoms with van der Waals surface area (Å²) < 4.78 is 0. The molecule has 10 heavy (non-hydrogen) atoms. The molecule has 0 heterocycles. The minimum absolute atomic E-state index is 0.373. The first-order chi connectivity index (χ1) is 4.74. The largest absolute Gasteiger partial charge is 0.393 e. The zero-order chi connectivity index (χ0) is 7.56. The topological polar surface area (TPSA) is 37.3 Å². The normalized spacial score (nSPS) is 26.8. The third kappa shape index (κ3) is 1.58. The van der Waals surface area contributed by atoms with Crippen molar-refractivity contribution in [1.29, 1.82) is 0 Å². The highest BCUT2D eigenvalue weighted by Gasteiger charge is 2.16. The van der Waals surface area contributed by atoms with Crippen molar-refractivity contribution in [3.8, 4) is 0 Å². The molecule has 0 saturated heterocycles. The molecule has 1 N–H and O–H groups in total. The molecule has 0 fully saturated rings. The predicted molar refractivity (Wildman–Crippen MR) is 38.8 cm³/mol. The van der Waals surface area contributed by atoms with Crippen LogP contribution in [0.2, 0.25) is 0 Å². The van der Waals surface area contributed by atoms with Crippen LogP contribution in [0.5, 0.6) is 0 Å². The van der Waals surface area contributed by atoms with Gasteiger partial charge in [0.05, 0.1) is 6.10 Å². The maximum absolute atomic E-state index is 10.3. The summed E-state index contributed by atoms with van der Waals surface area (Å²) in [7, 11) is 0. The second kappa shape index (κ2) is 3.17. The summed E-state index contributed by atoms with van der Waals surface area (Å²) in [6.45, 7) is 0. The van der Waals surface area contributed by atoms with E-state index in [-0.39, 0.29) is 6.10 Å². The quantitative estimate of drug-likeness (QED) is 0.586. The zero-order valence-corrected chi connectivity index (χ0v) is 6.27. The third-order valence-corrected chi connectivity index (χ3v) is 2.08. The van der Waals surface area contributed by atoms with Crippen molar-refractivity contribution in [1.82, 2.24) is 0 Å². The highest BCUT2D eigenvalue weighted by Crippen LogP contribution is 2.26. The van der Waals surface area contributed by atoms with E-state index in [1.165, 1.54) is 0 Å². The first-order valence-electron chi connectivity index (χ1n) is 3.25. The average molecular weight is 161 g/mol. The number of hydrogen-bond acceptors (Lipinski definition) is 2. The van der Waals surface area contributed by atoms with Crippen molar-refractivity contribution in [3.63, 3.8) is 0 Å². The number of carbonyl (C=O) groups excluding carboxylic acids is 1. The molecule has 2 nitrogen and oxygen atoms in total. The van der Waals surface area contributed by atoms with Gasteiger partial charge in [0, 0.05) is 17.0 Å². The fraction of sp³-hybridized carbons (Fsp3) is 0.571. The maximum Gasteiger partial charge on any atom is 0.147 e. The van der Waals surface area contributed by atoms with Crippen molar-refractivity contribution in [2.45, 2.75) is 25.4 Å². The molecule has 1 aliphatic rings. The third-order valence-electron chi connectivity index (χ3n) is 1.64. The van der Waals surface area contributed by atoms with E-state index >= 15 is 0 Å². The first kappa shape index (κ1) is 7.76. The van der Waals surface area contributed by atoms with E-state index in [2.05, 4.69) is 0 Å².